The minimum atomic E-state index is -3.05. The molecular weight excluding hydrogens is 304 g/mol. The molecule has 0 aliphatic carbocycles. The van der Waals surface area contributed by atoms with Crippen LogP contribution in [0.25, 0.3) is 0 Å². The lowest BCUT2D eigenvalue weighted by Crippen LogP contribution is -2.53. The molecule has 0 N–H and O–H groups in total. The number of sulfone groups is 1. The molecule has 0 aromatic heterocycles. The fourth-order valence-electron chi connectivity index (χ4n) is 3.27. The van der Waals surface area contributed by atoms with E-state index < -0.39 is 15.3 Å². The van der Waals surface area contributed by atoms with Gasteiger partial charge < -0.3 is 9.80 Å². The molecule has 126 valence electrons. The van der Waals surface area contributed by atoms with Crippen LogP contribution in [0.2, 0.25) is 0 Å². The van der Waals surface area contributed by atoms with Crippen LogP contribution in [0.15, 0.2) is 0 Å². The number of likely N-dealkylation sites (tertiary alicyclic amines) is 1. The molecule has 0 radical (unpaired) electrons. The topological polar surface area (TPSA) is 74.8 Å². The fourth-order valence-corrected chi connectivity index (χ4v) is 5.05. The lowest BCUT2D eigenvalue weighted by molar-refractivity contribution is -0.154. The van der Waals surface area contributed by atoms with Gasteiger partial charge in [0.05, 0.1) is 11.5 Å². The van der Waals surface area contributed by atoms with Crippen molar-refractivity contribution in [1.29, 1.82) is 0 Å². The van der Waals surface area contributed by atoms with E-state index in [-0.39, 0.29) is 29.4 Å². The molecule has 1 atom stereocenters. The minimum Gasteiger partial charge on any atom is -0.342 e. The van der Waals surface area contributed by atoms with Crippen molar-refractivity contribution in [1.82, 2.24) is 9.80 Å². The Bertz CT molecular complexity index is 550. The average molecular weight is 330 g/mol. The highest BCUT2D eigenvalue weighted by Crippen LogP contribution is 2.27. The lowest BCUT2D eigenvalue weighted by Gasteiger charge is -2.36. The van der Waals surface area contributed by atoms with E-state index in [1.165, 1.54) is 4.90 Å². The van der Waals surface area contributed by atoms with Crippen molar-refractivity contribution in [3.63, 3.8) is 0 Å². The normalized spacial score (nSPS) is 25.0. The van der Waals surface area contributed by atoms with Gasteiger partial charge in [-0.1, -0.05) is 0 Å². The van der Waals surface area contributed by atoms with E-state index in [4.69, 9.17) is 0 Å². The van der Waals surface area contributed by atoms with Crippen LogP contribution in [-0.2, 0) is 19.4 Å². The van der Waals surface area contributed by atoms with Crippen molar-refractivity contribution >= 4 is 21.7 Å². The van der Waals surface area contributed by atoms with Gasteiger partial charge in [-0.05, 0) is 39.5 Å². The first-order valence-electron chi connectivity index (χ1n) is 7.92. The molecule has 7 heteroatoms. The molecule has 0 aromatic carbocycles. The Balaban J connectivity index is 2.07. The zero-order chi connectivity index (χ0) is 16.5. The van der Waals surface area contributed by atoms with Gasteiger partial charge in [0.1, 0.15) is 5.41 Å². The Morgan fingerprint density at radius 1 is 1.14 bits per heavy atom. The molecule has 0 spiro atoms. The third-order valence-electron chi connectivity index (χ3n) is 4.79. The van der Waals surface area contributed by atoms with Crippen LogP contribution in [0.4, 0.5) is 0 Å². The summed E-state index contributed by atoms with van der Waals surface area (Å²) in [4.78, 5) is 28.6. The third-order valence-corrected chi connectivity index (χ3v) is 6.54. The molecule has 2 aliphatic heterocycles. The van der Waals surface area contributed by atoms with E-state index in [1.807, 2.05) is 0 Å². The molecule has 22 heavy (non-hydrogen) atoms. The maximum atomic E-state index is 12.7. The largest absolute Gasteiger partial charge is 0.342 e. The first kappa shape index (κ1) is 17.2. The SMILES string of the molecule is CN(C(=O)C(C)(C)C(=O)N1CCCCC1)C1CCS(=O)(=O)C1. The van der Waals surface area contributed by atoms with Crippen molar-refractivity contribution in [3.8, 4) is 0 Å². The summed E-state index contributed by atoms with van der Waals surface area (Å²) >= 11 is 0. The van der Waals surface area contributed by atoms with Gasteiger partial charge in [-0.2, -0.15) is 0 Å². The van der Waals surface area contributed by atoms with Crippen molar-refractivity contribution < 1.29 is 18.0 Å². The standard InChI is InChI=1S/C15H26N2O4S/c1-15(2,14(19)17-8-5-4-6-9-17)13(18)16(3)12-7-10-22(20,21)11-12/h12H,4-11H2,1-3H3. The molecule has 2 fully saturated rings. The number of hydrogen-bond acceptors (Lipinski definition) is 4. The second-order valence-electron chi connectivity index (χ2n) is 6.95. The number of carbonyl (C=O) groups is 2. The molecule has 2 aliphatic rings. The predicted molar refractivity (Wildman–Crippen MR) is 84.0 cm³/mol. The van der Waals surface area contributed by atoms with Crippen molar-refractivity contribution in [2.24, 2.45) is 5.41 Å². The van der Waals surface area contributed by atoms with Gasteiger partial charge in [0.15, 0.2) is 9.84 Å². The lowest BCUT2D eigenvalue weighted by atomic mass is 9.88. The molecule has 2 rings (SSSR count). The Morgan fingerprint density at radius 3 is 2.23 bits per heavy atom. The number of piperidine rings is 1. The second-order valence-corrected chi connectivity index (χ2v) is 9.18. The quantitative estimate of drug-likeness (QED) is 0.713. The predicted octanol–water partition coefficient (Wildman–Crippen LogP) is 0.671. The van der Waals surface area contributed by atoms with Crippen molar-refractivity contribution in [2.45, 2.75) is 45.6 Å². The van der Waals surface area contributed by atoms with Gasteiger partial charge in [0.2, 0.25) is 11.8 Å². The van der Waals surface area contributed by atoms with Crippen LogP contribution < -0.4 is 0 Å². The number of carbonyl (C=O) groups excluding carboxylic acids is 2. The van der Waals surface area contributed by atoms with Crippen molar-refractivity contribution in [2.75, 3.05) is 31.6 Å². The van der Waals surface area contributed by atoms with Crippen LogP contribution in [0.3, 0.4) is 0 Å². The van der Waals surface area contributed by atoms with E-state index >= 15 is 0 Å². The van der Waals surface area contributed by atoms with Gasteiger partial charge in [0, 0.05) is 26.2 Å². The molecule has 2 heterocycles. The number of rotatable bonds is 3. The summed E-state index contributed by atoms with van der Waals surface area (Å²) in [5.74, 6) is -0.311. The van der Waals surface area contributed by atoms with Crippen LogP contribution in [0.1, 0.15) is 39.5 Å². The summed E-state index contributed by atoms with van der Waals surface area (Å²) in [6.45, 7) is 4.70. The Morgan fingerprint density at radius 2 is 1.73 bits per heavy atom. The highest BCUT2D eigenvalue weighted by atomic mass is 32.2. The molecule has 2 saturated heterocycles. The van der Waals surface area contributed by atoms with Crippen LogP contribution in [0.5, 0.6) is 0 Å². The summed E-state index contributed by atoms with van der Waals surface area (Å²) in [6, 6.07) is -0.314. The highest BCUT2D eigenvalue weighted by Gasteiger charge is 2.44. The fraction of sp³-hybridized carbons (Fsp3) is 0.867. The summed E-state index contributed by atoms with van der Waals surface area (Å²) in [5.41, 5.74) is -1.14. The monoisotopic (exact) mass is 330 g/mol. The highest BCUT2D eigenvalue weighted by molar-refractivity contribution is 7.91. The average Bonchev–Trinajstić information content (AvgIpc) is 2.85. The number of amides is 2. The molecule has 2 amide bonds. The Labute approximate surface area is 132 Å². The van der Waals surface area contributed by atoms with Gasteiger partial charge in [-0.3, -0.25) is 9.59 Å². The van der Waals surface area contributed by atoms with Crippen LogP contribution in [-0.4, -0.2) is 67.7 Å². The zero-order valence-corrected chi connectivity index (χ0v) is 14.5. The molecule has 0 bridgehead atoms. The Hall–Kier alpha value is -1.11. The molecular formula is C15H26N2O4S. The summed E-state index contributed by atoms with van der Waals surface area (Å²) in [7, 11) is -1.44. The summed E-state index contributed by atoms with van der Waals surface area (Å²) < 4.78 is 23.2. The first-order valence-corrected chi connectivity index (χ1v) is 9.74. The van der Waals surface area contributed by atoms with E-state index in [0.29, 0.717) is 19.5 Å². The minimum absolute atomic E-state index is 0.00320. The van der Waals surface area contributed by atoms with E-state index in [0.717, 1.165) is 19.3 Å². The smallest absolute Gasteiger partial charge is 0.237 e. The molecule has 1 unspecified atom stereocenters. The molecule has 6 nitrogen and oxygen atoms in total. The summed E-state index contributed by atoms with van der Waals surface area (Å²) in [6.07, 6.45) is 3.54. The van der Waals surface area contributed by atoms with Crippen LogP contribution >= 0.6 is 0 Å². The first-order chi connectivity index (χ1) is 10.1. The maximum absolute atomic E-state index is 12.7. The maximum Gasteiger partial charge on any atom is 0.237 e. The van der Waals surface area contributed by atoms with Gasteiger partial charge in [0.25, 0.3) is 0 Å². The van der Waals surface area contributed by atoms with Crippen LogP contribution in [0, 0.1) is 5.41 Å². The molecule has 0 saturated carbocycles. The number of nitrogens with zero attached hydrogens (tertiary/aromatic N) is 2. The van der Waals surface area contributed by atoms with Gasteiger partial charge in [-0.15, -0.1) is 0 Å². The molecule has 0 aromatic rings. The van der Waals surface area contributed by atoms with Gasteiger partial charge >= 0.3 is 0 Å². The third kappa shape index (κ3) is 3.45. The second kappa shape index (κ2) is 6.18. The van der Waals surface area contributed by atoms with E-state index in [2.05, 4.69) is 0 Å². The summed E-state index contributed by atoms with van der Waals surface area (Å²) in [5, 5.41) is 0. The Kier molecular flexibility index (Phi) is 4.84. The number of hydrogen-bond donors (Lipinski definition) is 0. The van der Waals surface area contributed by atoms with E-state index in [9.17, 15) is 18.0 Å². The zero-order valence-electron chi connectivity index (χ0n) is 13.7. The van der Waals surface area contributed by atoms with Gasteiger partial charge in [-0.25, -0.2) is 8.42 Å². The van der Waals surface area contributed by atoms with E-state index in [1.54, 1.807) is 25.8 Å². The van der Waals surface area contributed by atoms with Crippen molar-refractivity contribution in [3.05, 3.63) is 0 Å².